The zero-order valence-electron chi connectivity index (χ0n) is 16.7. The van der Waals surface area contributed by atoms with Crippen LogP contribution in [0.5, 0.6) is 0 Å². The zero-order valence-corrected chi connectivity index (χ0v) is 17.4. The first-order chi connectivity index (χ1) is 13.9. The molecule has 0 saturated heterocycles. The van der Waals surface area contributed by atoms with Crippen LogP contribution in [0.1, 0.15) is 29.6 Å². The summed E-state index contributed by atoms with van der Waals surface area (Å²) in [7, 11) is 1.94. The van der Waals surface area contributed by atoms with Crippen LogP contribution in [0.15, 0.2) is 36.5 Å². The van der Waals surface area contributed by atoms with Crippen LogP contribution in [0.4, 0.5) is 11.4 Å². The van der Waals surface area contributed by atoms with E-state index in [-0.39, 0.29) is 11.9 Å². The van der Waals surface area contributed by atoms with E-state index in [2.05, 4.69) is 20.6 Å². The number of halogens is 1. The van der Waals surface area contributed by atoms with Crippen LogP contribution in [0.25, 0.3) is 0 Å². The van der Waals surface area contributed by atoms with Gasteiger partial charge < -0.3 is 10.2 Å². The smallest absolute Gasteiger partial charge is 0.246 e. The molecule has 1 N–H and O–H groups in total. The van der Waals surface area contributed by atoms with Crippen LogP contribution in [0.2, 0.25) is 5.02 Å². The number of pyridine rings is 1. The highest BCUT2D eigenvalue weighted by Gasteiger charge is 2.28. The fourth-order valence-corrected chi connectivity index (χ4v) is 3.67. The lowest BCUT2D eigenvalue weighted by Gasteiger charge is -2.34. The van der Waals surface area contributed by atoms with Gasteiger partial charge in [-0.3, -0.25) is 9.78 Å². The van der Waals surface area contributed by atoms with Gasteiger partial charge in [-0.25, -0.2) is 4.68 Å². The average molecular weight is 411 g/mol. The summed E-state index contributed by atoms with van der Waals surface area (Å²) in [6, 6.07) is 9.58. The second-order valence-electron chi connectivity index (χ2n) is 7.37. The maximum absolute atomic E-state index is 12.1. The summed E-state index contributed by atoms with van der Waals surface area (Å²) >= 11 is 6.23. The highest BCUT2D eigenvalue weighted by molar-refractivity contribution is 6.31. The predicted octanol–water partition coefficient (Wildman–Crippen LogP) is 3.25. The molecule has 7 nitrogen and oxygen atoms in total. The molecule has 150 valence electrons. The number of nitrogens with zero attached hydrogens (tertiary/aromatic N) is 5. The SMILES string of the molecule is Cc1nc(CCc2cn(Cc3ccccc3Cl)nn2)cc2c1NC(=O)[C@H](C)N2C. The summed E-state index contributed by atoms with van der Waals surface area (Å²) in [6.45, 7) is 4.41. The molecule has 0 bridgehead atoms. The maximum atomic E-state index is 12.1. The highest BCUT2D eigenvalue weighted by atomic mass is 35.5. The van der Waals surface area contributed by atoms with E-state index in [1.807, 2.05) is 62.3 Å². The molecule has 1 aliphatic heterocycles. The van der Waals surface area contributed by atoms with Gasteiger partial charge in [0.2, 0.25) is 5.91 Å². The highest BCUT2D eigenvalue weighted by Crippen LogP contribution is 2.33. The van der Waals surface area contributed by atoms with Crippen LogP contribution in [0.3, 0.4) is 0 Å². The van der Waals surface area contributed by atoms with E-state index >= 15 is 0 Å². The van der Waals surface area contributed by atoms with Crippen LogP contribution in [0, 0.1) is 6.92 Å². The van der Waals surface area contributed by atoms with Crippen molar-refractivity contribution in [1.82, 2.24) is 20.0 Å². The molecular weight excluding hydrogens is 388 g/mol. The molecule has 29 heavy (non-hydrogen) atoms. The lowest BCUT2D eigenvalue weighted by Crippen LogP contribution is -2.44. The van der Waals surface area contributed by atoms with Gasteiger partial charge in [-0.2, -0.15) is 0 Å². The van der Waals surface area contributed by atoms with Crippen molar-refractivity contribution in [3.05, 3.63) is 64.2 Å². The molecule has 1 atom stereocenters. The third kappa shape index (κ3) is 3.96. The molecular formula is C21H23ClN6O. The first-order valence-corrected chi connectivity index (χ1v) is 9.97. The minimum atomic E-state index is -0.207. The molecule has 3 aromatic rings. The molecule has 0 unspecified atom stereocenters. The Morgan fingerprint density at radius 1 is 1.21 bits per heavy atom. The van der Waals surface area contributed by atoms with Crippen molar-refractivity contribution in [2.75, 3.05) is 17.3 Å². The van der Waals surface area contributed by atoms with Crippen molar-refractivity contribution >= 4 is 28.9 Å². The number of carbonyl (C=O) groups is 1. The van der Waals surface area contributed by atoms with Gasteiger partial charge in [-0.1, -0.05) is 35.0 Å². The normalized spacial score (nSPS) is 15.9. The van der Waals surface area contributed by atoms with E-state index in [1.54, 1.807) is 4.68 Å². The Bertz CT molecular complexity index is 1060. The van der Waals surface area contributed by atoms with Gasteiger partial charge in [0.25, 0.3) is 0 Å². The van der Waals surface area contributed by atoms with Gasteiger partial charge in [-0.05, 0) is 44.4 Å². The Balaban J connectivity index is 1.46. The number of hydrogen-bond acceptors (Lipinski definition) is 5. The summed E-state index contributed by atoms with van der Waals surface area (Å²) in [5.41, 5.74) is 5.51. The van der Waals surface area contributed by atoms with Crippen LogP contribution in [-0.2, 0) is 24.2 Å². The molecule has 1 aliphatic rings. The van der Waals surface area contributed by atoms with Crippen molar-refractivity contribution in [1.29, 1.82) is 0 Å². The van der Waals surface area contributed by atoms with E-state index in [0.717, 1.165) is 51.9 Å². The fourth-order valence-electron chi connectivity index (χ4n) is 3.48. The predicted molar refractivity (Wildman–Crippen MR) is 113 cm³/mol. The lowest BCUT2D eigenvalue weighted by atomic mass is 10.1. The Kier molecular flexibility index (Phi) is 5.24. The molecule has 1 amide bonds. The molecule has 8 heteroatoms. The van der Waals surface area contributed by atoms with Gasteiger partial charge >= 0.3 is 0 Å². The summed E-state index contributed by atoms with van der Waals surface area (Å²) in [5, 5.41) is 12.2. The number of amides is 1. The third-order valence-corrected chi connectivity index (χ3v) is 5.70. The molecule has 4 rings (SSSR count). The summed E-state index contributed by atoms with van der Waals surface area (Å²) < 4.78 is 1.80. The van der Waals surface area contributed by atoms with Crippen molar-refractivity contribution in [3.8, 4) is 0 Å². The number of hydrogen-bond donors (Lipinski definition) is 1. The summed E-state index contributed by atoms with van der Waals surface area (Å²) in [5.74, 6) is -0.00668. The molecule has 2 aromatic heterocycles. The van der Waals surface area contributed by atoms with Crippen LogP contribution < -0.4 is 10.2 Å². The van der Waals surface area contributed by atoms with E-state index < -0.39 is 0 Å². The van der Waals surface area contributed by atoms with E-state index in [9.17, 15) is 4.79 Å². The Morgan fingerprint density at radius 3 is 2.76 bits per heavy atom. The first kappa shape index (κ1) is 19.4. The summed E-state index contributed by atoms with van der Waals surface area (Å²) in [4.78, 5) is 18.7. The number of carbonyl (C=O) groups excluding carboxylic acids is 1. The largest absolute Gasteiger partial charge is 0.361 e. The van der Waals surface area contributed by atoms with Gasteiger partial charge in [0, 0.05) is 24.0 Å². The number of benzene rings is 1. The van der Waals surface area contributed by atoms with Gasteiger partial charge in [-0.15, -0.1) is 5.10 Å². The lowest BCUT2D eigenvalue weighted by molar-refractivity contribution is -0.117. The van der Waals surface area contributed by atoms with Crippen LogP contribution in [-0.4, -0.2) is 39.0 Å². The second-order valence-corrected chi connectivity index (χ2v) is 7.78. The monoisotopic (exact) mass is 410 g/mol. The van der Waals surface area contributed by atoms with Crippen LogP contribution >= 0.6 is 11.6 Å². The number of anilines is 2. The minimum absolute atomic E-state index is 0.00668. The van der Waals surface area contributed by atoms with Crippen molar-refractivity contribution in [2.24, 2.45) is 0 Å². The molecule has 0 saturated carbocycles. The average Bonchev–Trinajstić information content (AvgIpc) is 3.15. The number of aromatic nitrogens is 4. The first-order valence-electron chi connectivity index (χ1n) is 9.59. The Hall–Kier alpha value is -2.93. The molecule has 0 aliphatic carbocycles. The standard InChI is InChI=1S/C21H23ClN6O/c1-13-20-19(27(3)14(2)21(29)24-20)10-16(23-13)8-9-17-12-28(26-25-17)11-15-6-4-5-7-18(15)22/h4-7,10,12,14H,8-9,11H2,1-3H3,(H,24,29)/t14-/m0/s1. The van der Waals surface area contributed by atoms with E-state index in [1.165, 1.54) is 0 Å². The molecule has 0 spiro atoms. The topological polar surface area (TPSA) is 75.9 Å². The van der Waals surface area contributed by atoms with Gasteiger partial charge in [0.1, 0.15) is 6.04 Å². The second kappa shape index (κ2) is 7.83. The number of likely N-dealkylation sites (N-methyl/N-ethyl adjacent to an activating group) is 1. The number of aryl methyl sites for hydroxylation is 3. The summed E-state index contributed by atoms with van der Waals surface area (Å²) in [6.07, 6.45) is 3.43. The zero-order chi connectivity index (χ0) is 20.5. The van der Waals surface area contributed by atoms with Crippen molar-refractivity contribution in [2.45, 2.75) is 39.3 Å². The van der Waals surface area contributed by atoms with E-state index in [0.29, 0.717) is 6.54 Å². The van der Waals surface area contributed by atoms with E-state index in [4.69, 9.17) is 11.6 Å². The van der Waals surface area contributed by atoms with Gasteiger partial charge in [0.15, 0.2) is 0 Å². The number of rotatable bonds is 5. The maximum Gasteiger partial charge on any atom is 0.246 e. The van der Waals surface area contributed by atoms with Gasteiger partial charge in [0.05, 0.1) is 29.3 Å². The minimum Gasteiger partial charge on any atom is -0.361 e. The number of fused-ring (bicyclic) bond motifs is 1. The Morgan fingerprint density at radius 2 is 1.97 bits per heavy atom. The number of nitrogens with one attached hydrogen (secondary N) is 1. The van der Waals surface area contributed by atoms with Crippen molar-refractivity contribution in [3.63, 3.8) is 0 Å². The Labute approximate surface area is 174 Å². The fraction of sp³-hybridized carbons (Fsp3) is 0.333. The quantitative estimate of drug-likeness (QED) is 0.698. The molecule has 3 heterocycles. The third-order valence-electron chi connectivity index (χ3n) is 5.33. The molecule has 0 fully saturated rings. The molecule has 1 aromatic carbocycles. The van der Waals surface area contributed by atoms with Crippen molar-refractivity contribution < 1.29 is 4.79 Å². The molecule has 0 radical (unpaired) electrons.